The lowest BCUT2D eigenvalue weighted by atomic mass is 9.97. The van der Waals surface area contributed by atoms with Crippen molar-refractivity contribution in [3.63, 3.8) is 0 Å². The summed E-state index contributed by atoms with van der Waals surface area (Å²) in [5.74, 6) is 0.385. The Morgan fingerprint density at radius 1 is 1.43 bits per heavy atom. The molecule has 1 aliphatic heterocycles. The first kappa shape index (κ1) is 15.8. The highest BCUT2D eigenvalue weighted by molar-refractivity contribution is 9.10. The van der Waals surface area contributed by atoms with Crippen molar-refractivity contribution in [1.29, 1.82) is 0 Å². The molecule has 21 heavy (non-hydrogen) atoms. The maximum absolute atomic E-state index is 12.9. The first-order valence-corrected chi connectivity index (χ1v) is 7.67. The van der Waals surface area contributed by atoms with Crippen LogP contribution in [0.3, 0.4) is 0 Å². The number of halogens is 1. The van der Waals surface area contributed by atoms with E-state index in [0.29, 0.717) is 24.4 Å². The predicted octanol–water partition coefficient (Wildman–Crippen LogP) is 2.48. The average molecular weight is 355 g/mol. The van der Waals surface area contributed by atoms with E-state index >= 15 is 0 Å². The Labute approximate surface area is 132 Å². The van der Waals surface area contributed by atoms with Crippen LogP contribution < -0.4 is 15.0 Å². The van der Waals surface area contributed by atoms with Crippen LogP contribution in [-0.4, -0.2) is 31.0 Å². The number of rotatable bonds is 3. The number of nitrogens with one attached hydrogen (secondary N) is 1. The smallest absolute Gasteiger partial charge is 0.252 e. The van der Waals surface area contributed by atoms with Gasteiger partial charge in [-0.2, -0.15) is 0 Å². The van der Waals surface area contributed by atoms with Crippen LogP contribution in [-0.2, 0) is 9.59 Å². The van der Waals surface area contributed by atoms with Gasteiger partial charge in [0.15, 0.2) is 0 Å². The summed E-state index contributed by atoms with van der Waals surface area (Å²) in [6.45, 7) is 3.99. The van der Waals surface area contributed by atoms with Crippen LogP contribution in [0.5, 0.6) is 5.75 Å². The molecule has 1 heterocycles. The summed E-state index contributed by atoms with van der Waals surface area (Å²) >= 11 is 3.41. The number of hydrogen-bond acceptors (Lipinski definition) is 3. The van der Waals surface area contributed by atoms with E-state index in [-0.39, 0.29) is 18.2 Å². The molecule has 2 amide bonds. The lowest BCUT2D eigenvalue weighted by Crippen LogP contribution is -2.54. The molecule has 5 nitrogen and oxygen atoms in total. The highest BCUT2D eigenvalue weighted by atomic mass is 79.9. The third-order valence-corrected chi connectivity index (χ3v) is 4.33. The number of ether oxygens (including phenoxy) is 1. The van der Waals surface area contributed by atoms with Crippen molar-refractivity contribution in [1.82, 2.24) is 5.32 Å². The molecule has 1 atom stereocenters. The van der Waals surface area contributed by atoms with Crippen molar-refractivity contribution in [2.75, 3.05) is 18.6 Å². The second kappa shape index (κ2) is 6.05. The fourth-order valence-corrected chi connectivity index (χ4v) is 2.73. The normalized spacial score (nSPS) is 22.8. The minimum atomic E-state index is -0.888. The largest absolute Gasteiger partial charge is 0.495 e. The van der Waals surface area contributed by atoms with Gasteiger partial charge in [0.05, 0.1) is 12.8 Å². The maximum atomic E-state index is 12.9. The van der Waals surface area contributed by atoms with Gasteiger partial charge in [-0.15, -0.1) is 0 Å². The molecule has 0 aliphatic carbocycles. The molecule has 6 heteroatoms. The van der Waals surface area contributed by atoms with E-state index < -0.39 is 5.54 Å². The third kappa shape index (κ3) is 3.05. The Bertz CT molecular complexity index is 576. The average Bonchev–Trinajstić information content (AvgIpc) is 2.57. The van der Waals surface area contributed by atoms with Crippen LogP contribution in [0, 0.1) is 0 Å². The number of methoxy groups -OCH3 is 1. The second-order valence-electron chi connectivity index (χ2n) is 5.26. The summed E-state index contributed by atoms with van der Waals surface area (Å²) in [4.78, 5) is 26.4. The molecule has 0 saturated carbocycles. The summed E-state index contributed by atoms with van der Waals surface area (Å²) < 4.78 is 6.21. The van der Waals surface area contributed by atoms with E-state index in [0.717, 1.165) is 4.47 Å². The summed E-state index contributed by atoms with van der Waals surface area (Å²) in [6.07, 6.45) is 0.807. The van der Waals surface area contributed by atoms with Crippen LogP contribution >= 0.6 is 15.9 Å². The van der Waals surface area contributed by atoms with Gasteiger partial charge in [-0.1, -0.05) is 22.9 Å². The van der Waals surface area contributed by atoms with Crippen molar-refractivity contribution in [2.45, 2.75) is 32.2 Å². The van der Waals surface area contributed by atoms with Gasteiger partial charge in [-0.05, 0) is 31.5 Å². The van der Waals surface area contributed by atoms with Crippen molar-refractivity contribution >= 4 is 33.4 Å². The van der Waals surface area contributed by atoms with Gasteiger partial charge >= 0.3 is 0 Å². The lowest BCUT2D eigenvalue weighted by molar-refractivity contribution is -0.129. The topological polar surface area (TPSA) is 58.6 Å². The van der Waals surface area contributed by atoms with Crippen molar-refractivity contribution < 1.29 is 14.3 Å². The Morgan fingerprint density at radius 3 is 2.76 bits per heavy atom. The monoisotopic (exact) mass is 354 g/mol. The first-order chi connectivity index (χ1) is 9.91. The predicted molar refractivity (Wildman–Crippen MR) is 84.5 cm³/mol. The molecule has 1 N–H and O–H groups in total. The summed E-state index contributed by atoms with van der Waals surface area (Å²) in [6, 6.07) is 5.49. The molecule has 0 radical (unpaired) electrons. The van der Waals surface area contributed by atoms with Crippen molar-refractivity contribution in [3.8, 4) is 5.75 Å². The van der Waals surface area contributed by atoms with E-state index in [2.05, 4.69) is 21.2 Å². The number of benzene rings is 1. The quantitative estimate of drug-likeness (QED) is 0.906. The number of hydrogen-bond donors (Lipinski definition) is 1. The zero-order valence-electron chi connectivity index (χ0n) is 12.4. The van der Waals surface area contributed by atoms with Crippen LogP contribution in [0.25, 0.3) is 0 Å². The number of nitrogens with zero attached hydrogens (tertiary/aromatic N) is 1. The van der Waals surface area contributed by atoms with E-state index in [4.69, 9.17) is 4.74 Å². The van der Waals surface area contributed by atoms with E-state index in [1.165, 1.54) is 0 Å². The highest BCUT2D eigenvalue weighted by Gasteiger charge is 2.40. The molecular formula is C15H19BrN2O3. The fourth-order valence-electron chi connectivity index (χ4n) is 2.38. The molecule has 1 unspecified atom stereocenters. The van der Waals surface area contributed by atoms with Crippen LogP contribution in [0.2, 0.25) is 0 Å². The maximum Gasteiger partial charge on any atom is 0.252 e. The molecule has 0 aromatic heterocycles. The van der Waals surface area contributed by atoms with Gasteiger partial charge in [0.25, 0.3) is 5.91 Å². The molecule has 1 aromatic carbocycles. The minimum Gasteiger partial charge on any atom is -0.495 e. The molecule has 2 rings (SSSR count). The van der Waals surface area contributed by atoms with E-state index in [9.17, 15) is 9.59 Å². The Kier molecular flexibility index (Phi) is 4.56. The standard InChI is InChI=1S/C15H19BrN2O3/c1-4-15(2)14(20)18(8-7-13(19)17-15)11-9-10(16)5-6-12(11)21-3/h5-6,9H,4,7-8H2,1-3H3,(H,17,19). The molecule has 1 saturated heterocycles. The molecule has 1 aromatic rings. The van der Waals surface area contributed by atoms with Gasteiger partial charge in [-0.25, -0.2) is 0 Å². The zero-order valence-corrected chi connectivity index (χ0v) is 14.0. The fraction of sp³-hybridized carbons (Fsp3) is 0.467. The third-order valence-electron chi connectivity index (χ3n) is 3.83. The van der Waals surface area contributed by atoms with E-state index in [1.54, 1.807) is 25.0 Å². The van der Waals surface area contributed by atoms with Crippen LogP contribution in [0.15, 0.2) is 22.7 Å². The van der Waals surface area contributed by atoms with Crippen molar-refractivity contribution in [3.05, 3.63) is 22.7 Å². The molecule has 0 spiro atoms. The number of anilines is 1. The molecule has 114 valence electrons. The highest BCUT2D eigenvalue weighted by Crippen LogP contribution is 2.34. The molecule has 0 bridgehead atoms. The second-order valence-corrected chi connectivity index (χ2v) is 6.17. The van der Waals surface area contributed by atoms with Gasteiger partial charge in [-0.3, -0.25) is 9.59 Å². The number of amides is 2. The Balaban J connectivity index is 2.49. The molecule has 1 aliphatic rings. The van der Waals surface area contributed by atoms with Gasteiger partial charge in [0.1, 0.15) is 11.3 Å². The van der Waals surface area contributed by atoms with Gasteiger partial charge in [0, 0.05) is 17.4 Å². The Morgan fingerprint density at radius 2 is 2.14 bits per heavy atom. The Hall–Kier alpha value is -1.56. The van der Waals surface area contributed by atoms with Gasteiger partial charge in [0.2, 0.25) is 5.91 Å². The van der Waals surface area contributed by atoms with Crippen LogP contribution in [0.1, 0.15) is 26.7 Å². The van der Waals surface area contributed by atoms with Crippen LogP contribution in [0.4, 0.5) is 5.69 Å². The summed E-state index contributed by atoms with van der Waals surface area (Å²) in [7, 11) is 1.57. The minimum absolute atomic E-state index is 0.107. The lowest BCUT2D eigenvalue weighted by Gasteiger charge is -2.31. The van der Waals surface area contributed by atoms with E-state index in [1.807, 2.05) is 19.1 Å². The number of carbonyl (C=O) groups is 2. The molecular weight excluding hydrogens is 336 g/mol. The zero-order chi connectivity index (χ0) is 15.6. The number of carbonyl (C=O) groups excluding carboxylic acids is 2. The molecule has 1 fully saturated rings. The summed E-state index contributed by atoms with van der Waals surface area (Å²) in [5, 5.41) is 2.82. The van der Waals surface area contributed by atoms with Gasteiger partial charge < -0.3 is 15.0 Å². The SMILES string of the molecule is CCC1(C)NC(=O)CCN(c2cc(Br)ccc2OC)C1=O. The van der Waals surface area contributed by atoms with Crippen molar-refractivity contribution in [2.24, 2.45) is 0 Å². The first-order valence-electron chi connectivity index (χ1n) is 6.88. The summed E-state index contributed by atoms with van der Waals surface area (Å²) in [5.41, 5.74) is -0.214.